The quantitative estimate of drug-likeness (QED) is 0.121. The van der Waals surface area contributed by atoms with Crippen molar-refractivity contribution in [3.05, 3.63) is 276 Å². The summed E-state index contributed by atoms with van der Waals surface area (Å²) in [4.78, 5) is 14.8. The van der Waals surface area contributed by atoms with Crippen molar-refractivity contribution in [2.24, 2.45) is 0 Å². The van der Waals surface area contributed by atoms with Crippen LogP contribution in [0, 0.1) is 43.7 Å². The first-order valence-electron chi connectivity index (χ1n) is 33.0. The molecule has 0 amide bonds. The number of aryl methyl sites for hydroxylation is 2. The van der Waals surface area contributed by atoms with Gasteiger partial charge in [0.05, 0.1) is 0 Å². The van der Waals surface area contributed by atoms with E-state index in [1.54, 1.807) is 24.3 Å². The van der Waals surface area contributed by atoms with Gasteiger partial charge in [-0.2, -0.15) is 0 Å². The standard InChI is InChI=1S/C87H81Br3F2N3.Ir/c1-51-37-81(94-49-76(51)53-15-25-65(91)26-16-53)55-20-30-71(79(89)42-55)74-46-62(85(6,7)8)22-32-67(74)58-39-59(41-60(40-58)73-45-61(84(3,4)5)24-34-69(73)70-29-19-57(44-78(70)88)83-48-64(35-36-93-83)87(12,13)14)68-33-23-63(86(9,10)11)47-75(68)72-31-21-56(43-80(72)90)82-38-52(2)77(50-95-82)54-17-27-66(92)28-18-54;/h15-18,22-38,42-50,58-60H,39-41H2,1-14H3;/q-3;+3. The molecule has 0 radical (unpaired) electrons. The van der Waals surface area contributed by atoms with Crippen LogP contribution in [0.5, 0.6) is 0 Å². The molecule has 9 heteroatoms. The molecule has 0 N–H and O–H groups in total. The maximum atomic E-state index is 14.0. The van der Waals surface area contributed by atoms with Gasteiger partial charge in [0.1, 0.15) is 11.6 Å². The van der Waals surface area contributed by atoms with Crippen molar-refractivity contribution < 1.29 is 28.9 Å². The summed E-state index contributed by atoms with van der Waals surface area (Å²) in [7, 11) is 0. The van der Waals surface area contributed by atoms with Crippen molar-refractivity contribution in [2.75, 3.05) is 0 Å². The Hall–Kier alpha value is -6.84. The molecule has 3 nitrogen and oxygen atoms in total. The van der Waals surface area contributed by atoms with Crippen LogP contribution in [0.25, 0.3) is 89.4 Å². The summed E-state index contributed by atoms with van der Waals surface area (Å²) in [6.45, 7) is 31.6. The predicted octanol–water partition coefficient (Wildman–Crippen LogP) is 25.8. The average Bonchev–Trinajstić information content (AvgIpc) is 0.756. The summed E-state index contributed by atoms with van der Waals surface area (Å²) >= 11 is 12.5. The first-order valence-corrected chi connectivity index (χ1v) is 35.3. The van der Waals surface area contributed by atoms with Gasteiger partial charge in [0.15, 0.2) is 0 Å². The summed E-state index contributed by atoms with van der Waals surface area (Å²) < 4.78 is 30.9. The summed E-state index contributed by atoms with van der Waals surface area (Å²) in [6, 6.07) is 67.6. The van der Waals surface area contributed by atoms with Gasteiger partial charge in [0.2, 0.25) is 0 Å². The minimum atomic E-state index is -0.264. The van der Waals surface area contributed by atoms with Crippen LogP contribution >= 0.6 is 47.8 Å². The molecule has 3 aromatic heterocycles. The SMILES string of the molecule is Cc1cc(-c2[c-]cc(-c3cc(C(C)(C)C)ccc3C3CC(c4ccc(C(C)(C)C)cc4-c4c[c-]c(-c5cc(C)c(-c6ccc(F)cc6)cn5)cc4Br)CC(c4cc(C(C)(C)C)ccc4-c4c[c-]c(-c5cc(C(C)(C)C)ccn5)cc4Br)C3)c(Br)c2)ncc1-c1ccc(F)cc1.[Ir+3]. The van der Waals surface area contributed by atoms with Crippen LogP contribution < -0.4 is 0 Å². The molecule has 0 aliphatic heterocycles. The molecule has 96 heavy (non-hydrogen) atoms. The molecule has 1 fully saturated rings. The van der Waals surface area contributed by atoms with Gasteiger partial charge >= 0.3 is 20.1 Å². The van der Waals surface area contributed by atoms with Crippen LogP contribution in [-0.4, -0.2) is 15.0 Å². The number of halogens is 5. The van der Waals surface area contributed by atoms with Crippen LogP contribution in [0.4, 0.5) is 8.78 Å². The number of hydrogen-bond donors (Lipinski definition) is 0. The third-order valence-corrected chi connectivity index (χ3v) is 21.3. The summed E-state index contributed by atoms with van der Waals surface area (Å²) in [5.74, 6) is -0.184. The van der Waals surface area contributed by atoms with Crippen molar-refractivity contribution in [2.45, 2.75) is 156 Å². The Bertz CT molecular complexity index is 4500. The molecule has 3 heterocycles. The minimum absolute atomic E-state index is 0. The first-order chi connectivity index (χ1) is 44.9. The Balaban J connectivity index is 0.00000936. The minimum Gasteiger partial charge on any atom is -0.305 e. The van der Waals surface area contributed by atoms with Crippen LogP contribution in [0.2, 0.25) is 0 Å². The van der Waals surface area contributed by atoms with Crippen molar-refractivity contribution >= 4 is 47.8 Å². The number of benzene rings is 8. The van der Waals surface area contributed by atoms with E-state index >= 15 is 0 Å². The molecule has 11 aromatic rings. The molecule has 1 aliphatic carbocycles. The smallest absolute Gasteiger partial charge is 0.305 e. The molecular formula is C87H81Br3F2IrN3. The van der Waals surface area contributed by atoms with Gasteiger partial charge in [-0.15, -0.1) is 71.3 Å². The van der Waals surface area contributed by atoms with Gasteiger partial charge in [0.25, 0.3) is 0 Å². The maximum absolute atomic E-state index is 14.0. The fourth-order valence-corrected chi connectivity index (χ4v) is 15.4. The van der Waals surface area contributed by atoms with E-state index in [0.29, 0.717) is 0 Å². The Morgan fingerprint density at radius 3 is 1.07 bits per heavy atom. The Labute approximate surface area is 607 Å². The normalized spacial score (nSPS) is 15.3. The fourth-order valence-electron chi connectivity index (χ4n) is 13.7. The third kappa shape index (κ3) is 15.1. The molecule has 0 saturated heterocycles. The van der Waals surface area contributed by atoms with E-state index in [1.165, 1.54) is 79.9 Å². The zero-order valence-corrected chi connectivity index (χ0v) is 64.4. The number of rotatable bonds is 11. The summed E-state index contributed by atoms with van der Waals surface area (Å²) in [6.07, 6.45) is 8.43. The second kappa shape index (κ2) is 27.8. The third-order valence-electron chi connectivity index (χ3n) is 19.3. The van der Waals surface area contributed by atoms with E-state index in [0.717, 1.165) is 117 Å². The first kappa shape index (κ1) is 70.5. The second-order valence-corrected chi connectivity index (χ2v) is 32.8. The van der Waals surface area contributed by atoms with Gasteiger partial charge in [0, 0.05) is 29.7 Å². The monoisotopic (exact) mass is 1640 g/mol. The molecule has 2 unspecified atom stereocenters. The van der Waals surface area contributed by atoms with Crippen LogP contribution in [0.1, 0.15) is 170 Å². The van der Waals surface area contributed by atoms with Crippen LogP contribution in [0.3, 0.4) is 0 Å². The molecule has 0 bridgehead atoms. The predicted molar refractivity (Wildman–Crippen MR) is 402 cm³/mol. The Morgan fingerprint density at radius 1 is 0.354 bits per heavy atom. The Kier molecular flexibility index (Phi) is 20.4. The average molecular weight is 1640 g/mol. The van der Waals surface area contributed by atoms with E-state index in [-0.39, 0.29) is 71.2 Å². The summed E-state index contributed by atoms with van der Waals surface area (Å²) in [5, 5.41) is 0. The number of pyridine rings is 3. The number of aromatic nitrogens is 3. The largest absolute Gasteiger partial charge is 3.00 e. The van der Waals surface area contributed by atoms with Gasteiger partial charge < -0.3 is 15.0 Å². The van der Waals surface area contributed by atoms with E-state index in [9.17, 15) is 8.78 Å². The molecule has 1 saturated carbocycles. The maximum Gasteiger partial charge on any atom is 3.00 e. The van der Waals surface area contributed by atoms with Gasteiger partial charge in [-0.1, -0.05) is 275 Å². The van der Waals surface area contributed by atoms with E-state index in [2.05, 4.69) is 278 Å². The molecule has 12 rings (SSSR count). The van der Waals surface area contributed by atoms with Crippen LogP contribution in [-0.2, 0) is 41.8 Å². The van der Waals surface area contributed by atoms with Crippen molar-refractivity contribution in [3.8, 4) is 89.4 Å². The molecule has 8 aromatic carbocycles. The van der Waals surface area contributed by atoms with Crippen molar-refractivity contribution in [1.29, 1.82) is 0 Å². The molecule has 1 aliphatic rings. The second-order valence-electron chi connectivity index (χ2n) is 30.2. The van der Waals surface area contributed by atoms with E-state index in [4.69, 9.17) is 15.0 Å². The number of nitrogens with zero attached hydrogens (tertiary/aromatic N) is 3. The molecular weight excluding hydrogens is 1560 g/mol. The Morgan fingerprint density at radius 2 is 0.698 bits per heavy atom. The van der Waals surface area contributed by atoms with Crippen LogP contribution in [0.15, 0.2) is 196 Å². The van der Waals surface area contributed by atoms with Gasteiger partial charge in [-0.25, -0.2) is 8.78 Å². The van der Waals surface area contributed by atoms with Crippen molar-refractivity contribution in [3.63, 3.8) is 0 Å². The fraction of sp³-hybridized carbons (Fsp3) is 0.276. The number of hydrogen-bond acceptors (Lipinski definition) is 3. The van der Waals surface area contributed by atoms with E-state index in [1.807, 2.05) is 18.6 Å². The van der Waals surface area contributed by atoms with E-state index < -0.39 is 0 Å². The molecule has 488 valence electrons. The molecule has 2 atom stereocenters. The molecule has 0 spiro atoms. The summed E-state index contributed by atoms with van der Waals surface area (Å²) in [5.41, 5.74) is 26.5. The van der Waals surface area contributed by atoms with Gasteiger partial charge in [-0.05, 0) is 181 Å². The zero-order chi connectivity index (χ0) is 67.6. The van der Waals surface area contributed by atoms with Crippen molar-refractivity contribution in [1.82, 2.24) is 15.0 Å². The van der Waals surface area contributed by atoms with Gasteiger partial charge in [-0.3, -0.25) is 0 Å². The topological polar surface area (TPSA) is 38.7 Å². The zero-order valence-electron chi connectivity index (χ0n) is 57.2.